The van der Waals surface area contributed by atoms with Crippen molar-refractivity contribution in [1.29, 1.82) is 0 Å². The number of hydrogen-bond acceptors (Lipinski definition) is 7. The van der Waals surface area contributed by atoms with E-state index in [4.69, 9.17) is 0 Å². The summed E-state index contributed by atoms with van der Waals surface area (Å²) in [6, 6.07) is 1.24. The van der Waals surface area contributed by atoms with Gasteiger partial charge >= 0.3 is 12.4 Å². The molecule has 272 valence electrons. The number of carbonyl (C=O) groups excluding carboxylic acids is 1. The van der Waals surface area contributed by atoms with E-state index in [0.717, 1.165) is 4.90 Å². The molecule has 1 aliphatic carbocycles. The number of piperidine rings is 1. The van der Waals surface area contributed by atoms with Crippen molar-refractivity contribution in [1.82, 2.24) is 39.9 Å². The lowest BCUT2D eigenvalue weighted by molar-refractivity contribution is -0.190. The quantitative estimate of drug-likeness (QED) is 0.241. The van der Waals surface area contributed by atoms with Crippen LogP contribution in [0, 0.1) is 17.8 Å². The number of fused-ring (bicyclic) bond motifs is 1. The molecular weight excluding hydrogens is 668 g/mol. The predicted molar refractivity (Wildman–Crippen MR) is 160 cm³/mol. The average molecular weight is 709 g/mol. The molecule has 1 saturated carbocycles. The van der Waals surface area contributed by atoms with Crippen molar-refractivity contribution in [2.24, 2.45) is 17.8 Å². The van der Waals surface area contributed by atoms with Crippen molar-refractivity contribution >= 4 is 11.6 Å². The van der Waals surface area contributed by atoms with Gasteiger partial charge in [0.25, 0.3) is 5.91 Å². The number of aryl methyl sites for hydroxylation is 1. The molecule has 4 heterocycles. The Morgan fingerprint density at radius 1 is 1.20 bits per heavy atom. The molecule has 0 aromatic carbocycles. The normalized spacial score (nSPS) is 23.6. The fourth-order valence-electron chi connectivity index (χ4n) is 6.84. The summed E-state index contributed by atoms with van der Waals surface area (Å²) in [6.45, 7) is 1.94. The van der Waals surface area contributed by atoms with Crippen molar-refractivity contribution in [3.8, 4) is 0 Å². The van der Waals surface area contributed by atoms with Crippen LogP contribution in [0.2, 0.25) is 0 Å². The Morgan fingerprint density at radius 3 is 2.53 bits per heavy atom. The summed E-state index contributed by atoms with van der Waals surface area (Å²) >= 11 is 0. The number of halogens is 8. The van der Waals surface area contributed by atoms with E-state index < -0.39 is 92.6 Å². The Hall–Kier alpha value is -3.38. The summed E-state index contributed by atoms with van der Waals surface area (Å²) in [4.78, 5) is 19.1. The Labute approximate surface area is 277 Å². The molecule has 3 aromatic rings. The second-order valence-electron chi connectivity index (χ2n) is 13.2. The SMILES string of the molecule is CCn1nccc1C(=O)NC(c1cn2nc(C[C@H]3C[C@@H](C(F)(F)F)CNC3O)c([C@@H](C)N(C)CC(F)(F)F)cc2n1)C1CCC(F)(F)CC1. The van der Waals surface area contributed by atoms with Gasteiger partial charge in [0.05, 0.1) is 36.1 Å². The fraction of sp³-hybridized carbons (Fsp3) is 0.677. The molecule has 0 radical (unpaired) electrons. The van der Waals surface area contributed by atoms with Gasteiger partial charge in [-0.25, -0.2) is 18.3 Å². The molecule has 5 atom stereocenters. The van der Waals surface area contributed by atoms with Crippen LogP contribution in [0.15, 0.2) is 24.5 Å². The first-order valence-corrected chi connectivity index (χ1v) is 16.2. The van der Waals surface area contributed by atoms with Gasteiger partial charge < -0.3 is 10.4 Å². The maximum atomic E-state index is 14.1. The first-order valence-electron chi connectivity index (χ1n) is 16.2. The maximum Gasteiger partial charge on any atom is 0.401 e. The van der Waals surface area contributed by atoms with Crippen LogP contribution in [-0.2, 0) is 13.0 Å². The predicted octanol–water partition coefficient (Wildman–Crippen LogP) is 5.45. The largest absolute Gasteiger partial charge is 0.401 e. The van der Waals surface area contributed by atoms with Gasteiger partial charge in [-0.15, -0.1) is 0 Å². The van der Waals surface area contributed by atoms with Crippen molar-refractivity contribution in [2.45, 2.75) is 95.5 Å². The lowest BCUT2D eigenvalue weighted by Gasteiger charge is -2.35. The molecular formula is C31H40F8N8O2. The number of rotatable bonds is 10. The molecule has 1 saturated heterocycles. The third-order valence-corrected chi connectivity index (χ3v) is 9.73. The van der Waals surface area contributed by atoms with Crippen molar-refractivity contribution in [2.75, 3.05) is 20.1 Å². The third-order valence-electron chi connectivity index (χ3n) is 9.73. The van der Waals surface area contributed by atoms with Gasteiger partial charge in [0.2, 0.25) is 5.92 Å². The van der Waals surface area contributed by atoms with Gasteiger partial charge in [-0.1, -0.05) is 0 Å². The summed E-state index contributed by atoms with van der Waals surface area (Å²) in [5, 5.41) is 24.7. The van der Waals surface area contributed by atoms with E-state index in [2.05, 4.69) is 25.8 Å². The summed E-state index contributed by atoms with van der Waals surface area (Å²) in [5.74, 6) is -6.50. The van der Waals surface area contributed by atoms with Crippen LogP contribution in [0.1, 0.15) is 85.5 Å². The Bertz CT molecular complexity index is 1600. The monoisotopic (exact) mass is 708 g/mol. The second-order valence-corrected chi connectivity index (χ2v) is 13.2. The molecule has 1 aliphatic heterocycles. The number of amides is 1. The number of carbonyl (C=O) groups is 1. The number of nitrogens with one attached hydrogen (secondary N) is 2. The minimum Gasteiger partial charge on any atom is -0.378 e. The van der Waals surface area contributed by atoms with E-state index in [9.17, 15) is 45.0 Å². The third kappa shape index (κ3) is 8.68. The van der Waals surface area contributed by atoms with Crippen LogP contribution in [0.25, 0.3) is 5.65 Å². The first kappa shape index (κ1) is 36.9. The Morgan fingerprint density at radius 2 is 1.90 bits per heavy atom. The topological polar surface area (TPSA) is 113 Å². The maximum absolute atomic E-state index is 14.1. The smallest absolute Gasteiger partial charge is 0.378 e. The molecule has 18 heteroatoms. The molecule has 10 nitrogen and oxygen atoms in total. The number of hydrogen-bond donors (Lipinski definition) is 3. The minimum absolute atomic E-state index is 0.0784. The number of nitrogens with zero attached hydrogens (tertiary/aromatic N) is 6. The summed E-state index contributed by atoms with van der Waals surface area (Å²) in [6.07, 6.45) is -8.68. The van der Waals surface area contributed by atoms with Crippen LogP contribution in [0.4, 0.5) is 35.1 Å². The van der Waals surface area contributed by atoms with Crippen LogP contribution >= 0.6 is 0 Å². The standard InChI is InChI=1S/C31H40F8N8O2/c1-4-46-24(7-10-41-46)28(49)43-26(18-5-8-29(32,33)9-6-18)23-15-47-25(42-23)13-21(17(2)45(3)16-30(34,35)36)22(44-47)12-19-11-20(31(37,38)39)14-40-27(19)48/h7,10,13,15,17-20,26-27,40,48H,4-6,8-9,11-12,14,16H2,1-3H3,(H,43,49)/t17-,19-,20-,26?,27?/m1/s1. The van der Waals surface area contributed by atoms with Gasteiger partial charge in [-0.3, -0.25) is 19.7 Å². The van der Waals surface area contributed by atoms with E-state index in [1.807, 2.05) is 0 Å². The summed E-state index contributed by atoms with van der Waals surface area (Å²) in [7, 11) is 1.26. The lowest BCUT2D eigenvalue weighted by atomic mass is 9.81. The zero-order chi connectivity index (χ0) is 35.9. The highest BCUT2D eigenvalue weighted by molar-refractivity contribution is 5.92. The van der Waals surface area contributed by atoms with E-state index in [1.54, 1.807) is 6.92 Å². The molecule has 2 fully saturated rings. The van der Waals surface area contributed by atoms with E-state index in [1.165, 1.54) is 47.7 Å². The highest BCUT2D eigenvalue weighted by Crippen LogP contribution is 2.42. The molecule has 3 aromatic heterocycles. The van der Waals surface area contributed by atoms with Crippen molar-refractivity contribution in [3.63, 3.8) is 0 Å². The Kier molecular flexibility index (Phi) is 10.6. The minimum atomic E-state index is -4.54. The summed E-state index contributed by atoms with van der Waals surface area (Å²) in [5.41, 5.74) is 1.13. The number of aliphatic hydroxyl groups is 1. The number of imidazole rings is 1. The average Bonchev–Trinajstić information content (AvgIpc) is 3.66. The van der Waals surface area contributed by atoms with Crippen molar-refractivity contribution < 1.29 is 45.0 Å². The lowest BCUT2D eigenvalue weighted by Crippen LogP contribution is -2.50. The first-order chi connectivity index (χ1) is 22.8. The number of aliphatic hydroxyl groups excluding tert-OH is 1. The molecule has 5 rings (SSSR count). The molecule has 1 amide bonds. The van der Waals surface area contributed by atoms with Crippen molar-refractivity contribution in [3.05, 3.63) is 47.2 Å². The molecule has 49 heavy (non-hydrogen) atoms. The molecule has 2 aliphatic rings. The molecule has 3 N–H and O–H groups in total. The van der Waals surface area contributed by atoms with E-state index in [0.29, 0.717) is 6.54 Å². The van der Waals surface area contributed by atoms with Gasteiger partial charge in [0, 0.05) is 44.1 Å². The van der Waals surface area contributed by atoms with Gasteiger partial charge in [0.1, 0.15) is 11.9 Å². The Balaban J connectivity index is 1.54. The van der Waals surface area contributed by atoms with E-state index in [-0.39, 0.29) is 47.6 Å². The highest BCUT2D eigenvalue weighted by atomic mass is 19.4. The van der Waals surface area contributed by atoms with Gasteiger partial charge in [-0.05, 0) is 70.2 Å². The zero-order valence-electron chi connectivity index (χ0n) is 27.2. The van der Waals surface area contributed by atoms with E-state index >= 15 is 0 Å². The van der Waals surface area contributed by atoms with Crippen LogP contribution in [-0.4, -0.2) is 84.9 Å². The molecule has 2 unspecified atom stereocenters. The fourth-order valence-corrected chi connectivity index (χ4v) is 6.84. The van der Waals surface area contributed by atoms with Gasteiger partial charge in [0.15, 0.2) is 5.65 Å². The molecule has 0 spiro atoms. The zero-order valence-corrected chi connectivity index (χ0v) is 27.2. The van der Waals surface area contributed by atoms with Gasteiger partial charge in [-0.2, -0.15) is 36.5 Å². The van der Waals surface area contributed by atoms with Crippen LogP contribution in [0.3, 0.4) is 0 Å². The summed E-state index contributed by atoms with van der Waals surface area (Å²) < 4.78 is 112. The highest BCUT2D eigenvalue weighted by Gasteiger charge is 2.45. The number of aromatic nitrogens is 5. The molecule has 0 bridgehead atoms. The van der Waals surface area contributed by atoms with Crippen LogP contribution < -0.4 is 10.6 Å². The van der Waals surface area contributed by atoms with Crippen LogP contribution in [0.5, 0.6) is 0 Å². The second kappa shape index (κ2) is 14.1. The number of alkyl halides is 8.